The van der Waals surface area contributed by atoms with Crippen LogP contribution in [-0.4, -0.2) is 75.7 Å². The maximum atomic E-state index is 12.2. The highest BCUT2D eigenvalue weighted by Gasteiger charge is 2.25. The molecule has 3 N–H and O–H groups in total. The highest BCUT2D eigenvalue weighted by atomic mass is 16.5. The average Bonchev–Trinajstić information content (AvgIpc) is 3.35. The molecule has 29 heavy (non-hydrogen) atoms. The molecule has 0 aromatic heterocycles. The van der Waals surface area contributed by atoms with Crippen LogP contribution >= 0.6 is 0 Å². The van der Waals surface area contributed by atoms with Gasteiger partial charge in [0.25, 0.3) is 5.91 Å². The molecule has 2 amide bonds. The molecular formula is C22H34N4O3+2. The molecule has 2 fully saturated rings. The van der Waals surface area contributed by atoms with E-state index in [1.807, 2.05) is 4.90 Å². The molecule has 0 radical (unpaired) electrons. The summed E-state index contributed by atoms with van der Waals surface area (Å²) in [6.45, 7) is 9.03. The zero-order valence-corrected chi connectivity index (χ0v) is 17.3. The second-order valence-corrected chi connectivity index (χ2v) is 8.58. The predicted octanol–water partition coefficient (Wildman–Crippen LogP) is -1.97. The number of piperazine rings is 1. The SMILES string of the molecule is O=C(C[NH+]1CC[NH+](Cc2ccc3c(c2)CCO3)CC1)NCCCN1CCCC1=O. The molecule has 1 aromatic carbocycles. The highest BCUT2D eigenvalue weighted by Crippen LogP contribution is 2.25. The minimum atomic E-state index is 0.134. The molecule has 0 saturated carbocycles. The molecule has 0 bridgehead atoms. The number of quaternary nitrogens is 2. The maximum absolute atomic E-state index is 12.2. The summed E-state index contributed by atoms with van der Waals surface area (Å²) >= 11 is 0. The lowest BCUT2D eigenvalue weighted by molar-refractivity contribution is -1.02. The maximum Gasteiger partial charge on any atom is 0.275 e. The molecule has 3 heterocycles. The van der Waals surface area contributed by atoms with Crippen molar-refractivity contribution in [2.24, 2.45) is 0 Å². The second-order valence-electron chi connectivity index (χ2n) is 8.58. The van der Waals surface area contributed by atoms with E-state index in [-0.39, 0.29) is 11.8 Å². The van der Waals surface area contributed by atoms with Crippen molar-refractivity contribution in [2.45, 2.75) is 32.2 Å². The summed E-state index contributed by atoms with van der Waals surface area (Å²) in [6, 6.07) is 6.61. The van der Waals surface area contributed by atoms with Crippen molar-refractivity contribution in [2.75, 3.05) is 59.0 Å². The van der Waals surface area contributed by atoms with Gasteiger partial charge in [-0.2, -0.15) is 0 Å². The van der Waals surface area contributed by atoms with Gasteiger partial charge < -0.3 is 24.8 Å². The van der Waals surface area contributed by atoms with Crippen LogP contribution in [0.5, 0.6) is 5.75 Å². The first-order chi connectivity index (χ1) is 14.2. The van der Waals surface area contributed by atoms with Crippen LogP contribution in [0, 0.1) is 0 Å². The van der Waals surface area contributed by atoms with E-state index < -0.39 is 0 Å². The summed E-state index contributed by atoms with van der Waals surface area (Å²) in [5, 5.41) is 3.03. The smallest absolute Gasteiger partial charge is 0.275 e. The number of hydrogen-bond acceptors (Lipinski definition) is 3. The van der Waals surface area contributed by atoms with Crippen LogP contribution in [0.4, 0.5) is 0 Å². The molecule has 4 rings (SSSR count). The van der Waals surface area contributed by atoms with Gasteiger partial charge in [-0.05, 0) is 36.6 Å². The number of nitrogens with one attached hydrogen (secondary N) is 3. The summed E-state index contributed by atoms with van der Waals surface area (Å²) in [5.74, 6) is 1.44. The summed E-state index contributed by atoms with van der Waals surface area (Å²) < 4.78 is 5.59. The molecule has 3 aliphatic heterocycles. The molecule has 0 aliphatic carbocycles. The Morgan fingerprint density at radius 3 is 2.76 bits per heavy atom. The van der Waals surface area contributed by atoms with E-state index in [0.717, 1.165) is 77.4 Å². The Morgan fingerprint density at radius 1 is 1.14 bits per heavy atom. The van der Waals surface area contributed by atoms with E-state index in [9.17, 15) is 9.59 Å². The molecule has 7 nitrogen and oxygen atoms in total. The quantitative estimate of drug-likeness (QED) is 0.442. The van der Waals surface area contributed by atoms with Crippen LogP contribution in [0.3, 0.4) is 0 Å². The number of rotatable bonds is 8. The topological polar surface area (TPSA) is 67.5 Å². The van der Waals surface area contributed by atoms with Crippen molar-refractivity contribution in [3.05, 3.63) is 29.3 Å². The van der Waals surface area contributed by atoms with Crippen LogP contribution in [0.25, 0.3) is 0 Å². The first-order valence-corrected chi connectivity index (χ1v) is 11.1. The summed E-state index contributed by atoms with van der Waals surface area (Å²) in [6.07, 6.45) is 3.53. The van der Waals surface area contributed by atoms with E-state index in [0.29, 0.717) is 19.5 Å². The fourth-order valence-electron chi connectivity index (χ4n) is 4.68. The van der Waals surface area contributed by atoms with Crippen LogP contribution in [0.2, 0.25) is 0 Å². The van der Waals surface area contributed by atoms with Crippen molar-refractivity contribution >= 4 is 11.8 Å². The third-order valence-corrected chi connectivity index (χ3v) is 6.38. The molecule has 158 valence electrons. The monoisotopic (exact) mass is 402 g/mol. The Kier molecular flexibility index (Phi) is 6.67. The predicted molar refractivity (Wildman–Crippen MR) is 109 cm³/mol. The van der Waals surface area contributed by atoms with Gasteiger partial charge in [-0.1, -0.05) is 0 Å². The molecule has 2 saturated heterocycles. The number of hydrogen-bond donors (Lipinski definition) is 3. The van der Waals surface area contributed by atoms with Crippen LogP contribution < -0.4 is 19.9 Å². The molecule has 0 spiro atoms. The van der Waals surface area contributed by atoms with Crippen LogP contribution in [0.1, 0.15) is 30.4 Å². The molecule has 0 atom stereocenters. The van der Waals surface area contributed by atoms with Gasteiger partial charge in [-0.3, -0.25) is 9.59 Å². The minimum absolute atomic E-state index is 0.134. The van der Waals surface area contributed by atoms with Crippen LogP contribution in [0.15, 0.2) is 18.2 Å². The Morgan fingerprint density at radius 2 is 1.97 bits per heavy atom. The number of benzene rings is 1. The van der Waals surface area contributed by atoms with E-state index in [4.69, 9.17) is 4.74 Å². The number of carbonyl (C=O) groups is 2. The van der Waals surface area contributed by atoms with Crippen molar-refractivity contribution in [3.8, 4) is 5.75 Å². The van der Waals surface area contributed by atoms with Crippen molar-refractivity contribution in [3.63, 3.8) is 0 Å². The third kappa shape index (κ3) is 5.48. The Hall–Kier alpha value is -2.12. The standard InChI is InChI=1S/C22H32N4O3/c27-21(23-7-2-9-26-8-1-3-22(26)28)17-25-12-10-24(11-13-25)16-18-4-5-20-19(15-18)6-14-29-20/h4-5,15H,1-3,6-14,16-17H2,(H,23,27)/p+2. The molecular weight excluding hydrogens is 368 g/mol. The number of fused-ring (bicyclic) bond motifs is 1. The van der Waals surface area contributed by atoms with Gasteiger partial charge in [0.1, 0.15) is 38.5 Å². The fraction of sp³-hybridized carbons (Fsp3) is 0.636. The van der Waals surface area contributed by atoms with Crippen molar-refractivity contribution in [1.82, 2.24) is 10.2 Å². The zero-order chi connectivity index (χ0) is 20.1. The highest BCUT2D eigenvalue weighted by molar-refractivity contribution is 5.78. The van der Waals surface area contributed by atoms with Gasteiger partial charge in [-0.25, -0.2) is 0 Å². The zero-order valence-electron chi connectivity index (χ0n) is 17.3. The third-order valence-electron chi connectivity index (χ3n) is 6.38. The summed E-state index contributed by atoms with van der Waals surface area (Å²) in [4.78, 5) is 28.7. The average molecular weight is 403 g/mol. The van der Waals surface area contributed by atoms with E-state index in [1.165, 1.54) is 16.0 Å². The lowest BCUT2D eigenvalue weighted by atomic mass is 10.1. The van der Waals surface area contributed by atoms with Gasteiger partial charge in [-0.15, -0.1) is 0 Å². The first-order valence-electron chi connectivity index (χ1n) is 11.1. The number of ether oxygens (including phenoxy) is 1. The van der Waals surface area contributed by atoms with E-state index in [1.54, 1.807) is 4.90 Å². The summed E-state index contributed by atoms with van der Waals surface area (Å²) in [5.41, 5.74) is 2.74. The van der Waals surface area contributed by atoms with E-state index in [2.05, 4.69) is 23.5 Å². The van der Waals surface area contributed by atoms with E-state index >= 15 is 0 Å². The Balaban J connectivity index is 1.11. The number of nitrogens with zero attached hydrogens (tertiary/aromatic N) is 1. The van der Waals surface area contributed by atoms with Crippen molar-refractivity contribution in [1.29, 1.82) is 0 Å². The Bertz CT molecular complexity index is 731. The Labute approximate surface area is 173 Å². The largest absolute Gasteiger partial charge is 0.493 e. The molecule has 0 unspecified atom stereocenters. The van der Waals surface area contributed by atoms with Gasteiger partial charge in [0.15, 0.2) is 6.54 Å². The number of amides is 2. The second kappa shape index (κ2) is 9.59. The number of carbonyl (C=O) groups excluding carboxylic acids is 2. The lowest BCUT2D eigenvalue weighted by Crippen LogP contribution is -3.28. The fourth-order valence-corrected chi connectivity index (χ4v) is 4.68. The first kappa shape index (κ1) is 20.2. The summed E-state index contributed by atoms with van der Waals surface area (Å²) in [7, 11) is 0. The van der Waals surface area contributed by atoms with Gasteiger partial charge >= 0.3 is 0 Å². The molecule has 7 heteroatoms. The lowest BCUT2D eigenvalue weighted by Gasteiger charge is -2.29. The van der Waals surface area contributed by atoms with Gasteiger partial charge in [0.2, 0.25) is 5.91 Å². The minimum Gasteiger partial charge on any atom is -0.493 e. The van der Waals surface area contributed by atoms with Crippen molar-refractivity contribution < 1.29 is 24.1 Å². The van der Waals surface area contributed by atoms with Crippen LogP contribution in [-0.2, 0) is 22.6 Å². The molecule has 1 aromatic rings. The van der Waals surface area contributed by atoms with Gasteiger partial charge in [0.05, 0.1) is 6.61 Å². The number of likely N-dealkylation sites (tertiary alicyclic amines) is 1. The molecule has 3 aliphatic rings. The van der Waals surface area contributed by atoms with Gasteiger partial charge in [0, 0.05) is 38.0 Å². The normalized spacial score (nSPS) is 23.7.